The van der Waals surface area contributed by atoms with Crippen molar-refractivity contribution in [3.63, 3.8) is 0 Å². The van der Waals surface area contributed by atoms with E-state index in [2.05, 4.69) is 10.2 Å². The van der Waals surface area contributed by atoms with Crippen molar-refractivity contribution in [3.8, 4) is 5.75 Å². The second kappa shape index (κ2) is 7.85. The highest BCUT2D eigenvalue weighted by Crippen LogP contribution is 2.29. The van der Waals surface area contributed by atoms with Crippen LogP contribution in [-0.4, -0.2) is 44.2 Å². The van der Waals surface area contributed by atoms with Gasteiger partial charge in [0.05, 0.1) is 23.5 Å². The molecule has 1 fully saturated rings. The highest BCUT2D eigenvalue weighted by atomic mass is 35.5. The van der Waals surface area contributed by atoms with Crippen molar-refractivity contribution in [2.75, 3.05) is 43.5 Å². The van der Waals surface area contributed by atoms with Crippen LogP contribution in [0.5, 0.6) is 5.75 Å². The van der Waals surface area contributed by atoms with Crippen LogP contribution in [0.15, 0.2) is 42.5 Å². The summed E-state index contributed by atoms with van der Waals surface area (Å²) < 4.78 is 5.26. The molecular weight excluding hydrogens is 361 g/mol. The Morgan fingerprint density at radius 1 is 1.08 bits per heavy atom. The number of amides is 2. The lowest BCUT2D eigenvalue weighted by atomic mass is 10.2. The van der Waals surface area contributed by atoms with Gasteiger partial charge >= 0.3 is 6.03 Å². The van der Waals surface area contributed by atoms with E-state index in [1.54, 1.807) is 18.1 Å². The van der Waals surface area contributed by atoms with Gasteiger partial charge in [0, 0.05) is 31.2 Å². The van der Waals surface area contributed by atoms with Gasteiger partial charge < -0.3 is 19.9 Å². The Morgan fingerprint density at radius 2 is 1.80 bits per heavy atom. The highest BCUT2D eigenvalue weighted by molar-refractivity contribution is 6.36. The Morgan fingerprint density at radius 3 is 2.48 bits per heavy atom. The number of methoxy groups -OCH3 is 1. The third kappa shape index (κ3) is 4.11. The molecule has 2 amide bonds. The normalized spacial score (nSPS) is 14.4. The van der Waals surface area contributed by atoms with Crippen molar-refractivity contribution in [3.05, 3.63) is 52.5 Å². The van der Waals surface area contributed by atoms with Crippen molar-refractivity contribution < 1.29 is 9.53 Å². The summed E-state index contributed by atoms with van der Waals surface area (Å²) >= 11 is 12.2. The Balaban J connectivity index is 1.61. The molecule has 2 aromatic carbocycles. The smallest absolute Gasteiger partial charge is 0.322 e. The van der Waals surface area contributed by atoms with Gasteiger partial charge in [-0.1, -0.05) is 35.3 Å². The topological polar surface area (TPSA) is 44.8 Å². The fourth-order valence-corrected chi connectivity index (χ4v) is 3.36. The summed E-state index contributed by atoms with van der Waals surface area (Å²) in [7, 11) is 1.58. The summed E-state index contributed by atoms with van der Waals surface area (Å²) in [6.07, 6.45) is 0. The van der Waals surface area contributed by atoms with Crippen molar-refractivity contribution >= 4 is 40.6 Å². The summed E-state index contributed by atoms with van der Waals surface area (Å²) in [5.41, 5.74) is 1.61. The van der Waals surface area contributed by atoms with E-state index in [-0.39, 0.29) is 6.03 Å². The molecule has 0 aromatic heterocycles. The molecule has 1 heterocycles. The van der Waals surface area contributed by atoms with Crippen LogP contribution in [0.25, 0.3) is 0 Å². The number of nitrogens with zero attached hydrogens (tertiary/aromatic N) is 2. The molecule has 5 nitrogen and oxygen atoms in total. The van der Waals surface area contributed by atoms with Crippen LogP contribution in [0.4, 0.5) is 16.2 Å². The fraction of sp³-hybridized carbons (Fsp3) is 0.278. The lowest BCUT2D eigenvalue weighted by Gasteiger charge is -2.36. The first-order valence-corrected chi connectivity index (χ1v) is 8.73. The second-order valence-electron chi connectivity index (χ2n) is 5.70. The van der Waals surface area contributed by atoms with E-state index in [1.807, 2.05) is 36.4 Å². The van der Waals surface area contributed by atoms with Crippen molar-refractivity contribution in [2.24, 2.45) is 0 Å². The Kier molecular flexibility index (Phi) is 5.56. The van der Waals surface area contributed by atoms with Gasteiger partial charge in [-0.3, -0.25) is 0 Å². The van der Waals surface area contributed by atoms with Crippen LogP contribution in [0.3, 0.4) is 0 Å². The lowest BCUT2D eigenvalue weighted by Crippen LogP contribution is -2.50. The zero-order valence-electron chi connectivity index (χ0n) is 13.8. The quantitative estimate of drug-likeness (QED) is 0.861. The molecule has 0 spiro atoms. The van der Waals surface area contributed by atoms with Crippen molar-refractivity contribution in [1.82, 2.24) is 4.90 Å². The number of carbonyl (C=O) groups excluding carboxylic acids is 1. The van der Waals surface area contributed by atoms with Gasteiger partial charge in [-0.25, -0.2) is 4.79 Å². The van der Waals surface area contributed by atoms with Gasteiger partial charge in [0.15, 0.2) is 0 Å². The SMILES string of the molecule is COc1ccccc1NC(=O)N1CCN(c2ccc(Cl)cc2Cl)CC1. The maximum atomic E-state index is 12.5. The largest absolute Gasteiger partial charge is 0.495 e. The van der Waals surface area contributed by atoms with Gasteiger partial charge in [-0.05, 0) is 30.3 Å². The Labute approximate surface area is 157 Å². The minimum atomic E-state index is -0.133. The van der Waals surface area contributed by atoms with Crippen LogP contribution in [0, 0.1) is 0 Å². The highest BCUT2D eigenvalue weighted by Gasteiger charge is 2.23. The minimum Gasteiger partial charge on any atom is -0.495 e. The van der Waals surface area contributed by atoms with E-state index in [1.165, 1.54) is 0 Å². The summed E-state index contributed by atoms with van der Waals surface area (Å²) in [5, 5.41) is 4.14. The number of hydrogen-bond acceptors (Lipinski definition) is 3. The third-order valence-electron chi connectivity index (χ3n) is 4.17. The second-order valence-corrected chi connectivity index (χ2v) is 6.54. The molecular formula is C18H19Cl2N3O2. The molecule has 3 rings (SSSR count). The first kappa shape index (κ1) is 17.7. The van der Waals surface area contributed by atoms with E-state index < -0.39 is 0 Å². The third-order valence-corrected chi connectivity index (χ3v) is 4.70. The zero-order valence-corrected chi connectivity index (χ0v) is 15.3. The molecule has 1 aliphatic heterocycles. The number of rotatable bonds is 3. The molecule has 0 saturated carbocycles. The van der Waals surface area contributed by atoms with E-state index >= 15 is 0 Å². The molecule has 0 aliphatic carbocycles. The molecule has 25 heavy (non-hydrogen) atoms. The molecule has 0 unspecified atom stereocenters. The molecule has 0 bridgehead atoms. The van der Waals surface area contributed by atoms with Gasteiger partial charge in [0.25, 0.3) is 0 Å². The molecule has 0 atom stereocenters. The number of hydrogen-bond donors (Lipinski definition) is 1. The van der Waals surface area contributed by atoms with E-state index in [4.69, 9.17) is 27.9 Å². The van der Waals surface area contributed by atoms with Gasteiger partial charge in [-0.15, -0.1) is 0 Å². The molecule has 0 radical (unpaired) electrons. The number of benzene rings is 2. The Hall–Kier alpha value is -2.11. The zero-order chi connectivity index (χ0) is 17.8. The summed E-state index contributed by atoms with van der Waals surface area (Å²) in [6, 6.07) is 12.7. The van der Waals surface area contributed by atoms with Crippen molar-refractivity contribution in [1.29, 1.82) is 0 Å². The number of piperazine rings is 1. The molecule has 1 aliphatic rings. The van der Waals surface area contributed by atoms with Crippen LogP contribution in [0.2, 0.25) is 10.0 Å². The number of anilines is 2. The molecule has 2 aromatic rings. The number of para-hydroxylation sites is 2. The summed E-state index contributed by atoms with van der Waals surface area (Å²) in [4.78, 5) is 16.4. The van der Waals surface area contributed by atoms with Gasteiger partial charge in [0.1, 0.15) is 5.75 Å². The average molecular weight is 380 g/mol. The van der Waals surface area contributed by atoms with E-state index in [0.717, 1.165) is 5.69 Å². The first-order valence-electron chi connectivity index (χ1n) is 7.97. The molecule has 1 saturated heterocycles. The number of ether oxygens (including phenoxy) is 1. The lowest BCUT2D eigenvalue weighted by molar-refractivity contribution is 0.208. The summed E-state index contributed by atoms with van der Waals surface area (Å²) in [5.74, 6) is 0.641. The number of nitrogens with one attached hydrogen (secondary N) is 1. The van der Waals surface area contributed by atoms with Crippen LogP contribution >= 0.6 is 23.2 Å². The standard InChI is InChI=1S/C18H19Cl2N3O2/c1-25-17-5-3-2-4-15(17)21-18(24)23-10-8-22(9-11-23)16-7-6-13(19)12-14(16)20/h2-7,12H,8-11H2,1H3,(H,21,24). The number of urea groups is 1. The first-order chi connectivity index (χ1) is 12.1. The Bertz CT molecular complexity index is 762. The predicted molar refractivity (Wildman–Crippen MR) is 102 cm³/mol. The monoisotopic (exact) mass is 379 g/mol. The average Bonchev–Trinajstić information content (AvgIpc) is 2.62. The van der Waals surface area contributed by atoms with Crippen molar-refractivity contribution in [2.45, 2.75) is 0 Å². The summed E-state index contributed by atoms with van der Waals surface area (Å²) in [6.45, 7) is 2.64. The number of carbonyl (C=O) groups is 1. The molecule has 7 heteroatoms. The predicted octanol–water partition coefficient (Wildman–Crippen LogP) is 4.36. The maximum Gasteiger partial charge on any atom is 0.322 e. The molecule has 132 valence electrons. The van der Waals surface area contributed by atoms with Crippen LogP contribution in [-0.2, 0) is 0 Å². The van der Waals surface area contributed by atoms with Gasteiger partial charge in [-0.2, -0.15) is 0 Å². The van der Waals surface area contributed by atoms with E-state index in [9.17, 15) is 4.79 Å². The van der Waals surface area contributed by atoms with Crippen LogP contribution in [0.1, 0.15) is 0 Å². The maximum absolute atomic E-state index is 12.5. The fourth-order valence-electron chi connectivity index (χ4n) is 2.83. The molecule has 1 N–H and O–H groups in total. The number of halogens is 2. The van der Waals surface area contributed by atoms with Crippen LogP contribution < -0.4 is 15.0 Å². The van der Waals surface area contributed by atoms with E-state index in [0.29, 0.717) is 47.7 Å². The van der Waals surface area contributed by atoms with Gasteiger partial charge in [0.2, 0.25) is 0 Å². The minimum absolute atomic E-state index is 0.133.